The summed E-state index contributed by atoms with van der Waals surface area (Å²) >= 11 is 0. The van der Waals surface area contributed by atoms with Crippen molar-refractivity contribution < 1.29 is 13.7 Å². The molecule has 1 saturated heterocycles. The first-order valence-electron chi connectivity index (χ1n) is 8.53. The lowest BCUT2D eigenvalue weighted by molar-refractivity contribution is -0.384. The summed E-state index contributed by atoms with van der Waals surface area (Å²) in [6, 6.07) is 10.5. The van der Waals surface area contributed by atoms with Crippen molar-refractivity contribution >= 4 is 11.4 Å². The molecule has 1 heterocycles. The van der Waals surface area contributed by atoms with Crippen LogP contribution in [0.15, 0.2) is 36.4 Å². The van der Waals surface area contributed by atoms with Crippen molar-refractivity contribution in [2.24, 2.45) is 0 Å². The van der Waals surface area contributed by atoms with Gasteiger partial charge in [0.1, 0.15) is 23.3 Å². The summed E-state index contributed by atoms with van der Waals surface area (Å²) in [4.78, 5) is 14.4. The molecule has 0 amide bonds. The third kappa shape index (κ3) is 3.88. The van der Waals surface area contributed by atoms with E-state index in [0.717, 1.165) is 5.56 Å². The largest absolute Gasteiger partial charge is 0.369 e. The minimum absolute atomic E-state index is 0.0561. The second kappa shape index (κ2) is 7.68. The molecule has 1 aliphatic heterocycles. The molecule has 0 spiro atoms. The van der Waals surface area contributed by atoms with Gasteiger partial charge in [0.25, 0.3) is 5.69 Å². The van der Waals surface area contributed by atoms with Gasteiger partial charge in [0.05, 0.1) is 4.92 Å². The van der Waals surface area contributed by atoms with Crippen LogP contribution in [-0.4, -0.2) is 36.0 Å². The minimum Gasteiger partial charge on any atom is -0.369 e. The van der Waals surface area contributed by atoms with Gasteiger partial charge in [-0.1, -0.05) is 12.1 Å². The van der Waals surface area contributed by atoms with Crippen molar-refractivity contribution in [2.75, 3.05) is 31.1 Å². The number of piperazine rings is 1. The summed E-state index contributed by atoms with van der Waals surface area (Å²) in [5.41, 5.74) is 0.890. The molecular weight excluding hydrogens is 354 g/mol. The first-order chi connectivity index (χ1) is 12.9. The quantitative estimate of drug-likeness (QED) is 0.605. The molecule has 0 bridgehead atoms. The van der Waals surface area contributed by atoms with Gasteiger partial charge >= 0.3 is 0 Å². The highest BCUT2D eigenvalue weighted by atomic mass is 19.1. The van der Waals surface area contributed by atoms with Crippen molar-refractivity contribution in [1.82, 2.24) is 4.90 Å². The Labute approximate surface area is 155 Å². The second-order valence-electron chi connectivity index (χ2n) is 6.44. The Morgan fingerprint density at radius 1 is 1.11 bits per heavy atom. The van der Waals surface area contributed by atoms with Crippen molar-refractivity contribution in [3.05, 3.63) is 69.3 Å². The van der Waals surface area contributed by atoms with Crippen LogP contribution in [0.1, 0.15) is 24.1 Å². The fraction of sp³-hybridized carbons (Fsp3) is 0.316. The van der Waals surface area contributed by atoms with Crippen LogP contribution in [0.4, 0.5) is 20.2 Å². The van der Waals surface area contributed by atoms with Gasteiger partial charge in [0.15, 0.2) is 0 Å². The van der Waals surface area contributed by atoms with Gasteiger partial charge in [-0.05, 0) is 24.6 Å². The number of rotatable bonds is 4. The van der Waals surface area contributed by atoms with E-state index in [2.05, 4.69) is 4.90 Å². The van der Waals surface area contributed by atoms with Crippen LogP contribution in [0.25, 0.3) is 0 Å². The van der Waals surface area contributed by atoms with E-state index in [0.29, 0.717) is 31.9 Å². The van der Waals surface area contributed by atoms with Crippen LogP contribution in [0.2, 0.25) is 0 Å². The fourth-order valence-electron chi connectivity index (χ4n) is 3.30. The Morgan fingerprint density at radius 3 is 2.15 bits per heavy atom. The normalized spacial score (nSPS) is 16.0. The van der Waals surface area contributed by atoms with Crippen molar-refractivity contribution in [2.45, 2.75) is 13.0 Å². The number of non-ortho nitro benzene ring substituents is 1. The predicted octanol–water partition coefficient (Wildman–Crippen LogP) is 3.63. The number of benzene rings is 2. The van der Waals surface area contributed by atoms with E-state index in [1.807, 2.05) is 11.8 Å². The highest BCUT2D eigenvalue weighted by molar-refractivity contribution is 5.51. The van der Waals surface area contributed by atoms with E-state index in [1.54, 1.807) is 12.1 Å². The lowest BCUT2D eigenvalue weighted by atomic mass is 10.1. The van der Waals surface area contributed by atoms with Gasteiger partial charge in [-0.15, -0.1) is 0 Å². The highest BCUT2D eigenvalue weighted by Gasteiger charge is 2.24. The zero-order chi connectivity index (χ0) is 19.6. The van der Waals surface area contributed by atoms with E-state index in [4.69, 9.17) is 5.26 Å². The van der Waals surface area contributed by atoms with Gasteiger partial charge in [-0.2, -0.15) is 5.26 Å². The number of halogens is 2. The highest BCUT2D eigenvalue weighted by Crippen LogP contribution is 2.27. The summed E-state index contributed by atoms with van der Waals surface area (Å²) in [5.74, 6) is -1.71. The summed E-state index contributed by atoms with van der Waals surface area (Å²) in [7, 11) is 0. The smallest absolute Gasteiger partial charge is 0.269 e. The van der Waals surface area contributed by atoms with E-state index < -0.39 is 22.1 Å². The van der Waals surface area contributed by atoms with Crippen LogP contribution in [-0.2, 0) is 0 Å². The van der Waals surface area contributed by atoms with E-state index >= 15 is 0 Å². The lowest BCUT2D eigenvalue weighted by Crippen LogP contribution is -2.47. The van der Waals surface area contributed by atoms with Crippen molar-refractivity contribution in [1.29, 1.82) is 5.26 Å². The molecule has 0 aliphatic carbocycles. The number of nitrogens with zero attached hydrogens (tertiary/aromatic N) is 4. The Kier molecular flexibility index (Phi) is 5.33. The van der Waals surface area contributed by atoms with Gasteiger partial charge in [-0.25, -0.2) is 8.78 Å². The molecule has 2 aromatic rings. The zero-order valence-electron chi connectivity index (χ0n) is 14.7. The topological polar surface area (TPSA) is 73.4 Å². The summed E-state index contributed by atoms with van der Waals surface area (Å²) in [6.07, 6.45) is 0. The molecule has 2 aromatic carbocycles. The van der Waals surface area contributed by atoms with E-state index in [-0.39, 0.29) is 11.7 Å². The van der Waals surface area contributed by atoms with Crippen molar-refractivity contribution in [3.8, 4) is 6.07 Å². The Balaban J connectivity index is 1.66. The maximum atomic E-state index is 13.8. The fourth-order valence-corrected chi connectivity index (χ4v) is 3.30. The molecule has 0 saturated carbocycles. The molecule has 0 N–H and O–H groups in total. The molecule has 0 aromatic heterocycles. The third-order valence-electron chi connectivity index (χ3n) is 4.95. The Bertz CT molecular complexity index is 865. The van der Waals surface area contributed by atoms with Crippen LogP contribution >= 0.6 is 0 Å². The van der Waals surface area contributed by atoms with Crippen LogP contribution in [0.5, 0.6) is 0 Å². The van der Waals surface area contributed by atoms with E-state index in [9.17, 15) is 18.9 Å². The summed E-state index contributed by atoms with van der Waals surface area (Å²) in [5, 5.41) is 19.5. The Morgan fingerprint density at radius 2 is 1.67 bits per heavy atom. The van der Waals surface area contributed by atoms with E-state index in [1.165, 1.54) is 30.3 Å². The van der Waals surface area contributed by atoms with Gasteiger partial charge in [0, 0.05) is 50.0 Å². The van der Waals surface area contributed by atoms with Gasteiger partial charge in [0.2, 0.25) is 0 Å². The van der Waals surface area contributed by atoms with Gasteiger partial charge < -0.3 is 4.90 Å². The van der Waals surface area contributed by atoms with Crippen LogP contribution < -0.4 is 4.90 Å². The second-order valence-corrected chi connectivity index (χ2v) is 6.44. The van der Waals surface area contributed by atoms with Crippen LogP contribution in [0, 0.1) is 33.1 Å². The lowest BCUT2D eigenvalue weighted by Gasteiger charge is -2.39. The molecular formula is C19H18F2N4O2. The number of nitro groups is 1. The summed E-state index contributed by atoms with van der Waals surface area (Å²) in [6.45, 7) is 4.56. The molecule has 1 fully saturated rings. The first-order valence-corrected chi connectivity index (χ1v) is 8.53. The minimum atomic E-state index is -0.853. The van der Waals surface area contributed by atoms with Gasteiger partial charge in [-0.3, -0.25) is 15.0 Å². The number of hydrogen-bond acceptors (Lipinski definition) is 5. The average Bonchev–Trinajstić information content (AvgIpc) is 2.67. The molecule has 1 atom stereocenters. The predicted molar refractivity (Wildman–Crippen MR) is 96.4 cm³/mol. The first kappa shape index (κ1) is 18.7. The molecule has 3 rings (SSSR count). The van der Waals surface area contributed by atoms with Crippen LogP contribution in [0.3, 0.4) is 0 Å². The number of nitriles is 1. The monoisotopic (exact) mass is 372 g/mol. The molecule has 6 nitrogen and oxygen atoms in total. The Hall–Kier alpha value is -3.05. The third-order valence-corrected chi connectivity index (χ3v) is 4.95. The number of nitro benzene ring substituents is 1. The zero-order valence-corrected chi connectivity index (χ0v) is 14.7. The maximum absolute atomic E-state index is 13.8. The van der Waals surface area contributed by atoms with Crippen molar-refractivity contribution in [3.63, 3.8) is 0 Å². The molecule has 8 heteroatoms. The standard InChI is InChI=1S/C19H18F2N4O2/c1-13(14-2-4-15(5-3-14)25(26)27)23-6-8-24(9-7-23)16-10-18(20)17(12-22)19(21)11-16/h2-5,10-11,13H,6-9H2,1H3. The number of anilines is 1. The molecule has 27 heavy (non-hydrogen) atoms. The molecule has 1 unspecified atom stereocenters. The SMILES string of the molecule is CC(c1ccc([N+](=O)[O-])cc1)N1CCN(c2cc(F)c(C#N)c(F)c2)CC1. The summed E-state index contributed by atoms with van der Waals surface area (Å²) < 4.78 is 27.7. The molecule has 140 valence electrons. The molecule has 0 radical (unpaired) electrons. The number of hydrogen-bond donors (Lipinski definition) is 0. The average molecular weight is 372 g/mol. The maximum Gasteiger partial charge on any atom is 0.269 e. The molecule has 1 aliphatic rings.